The number of hydrogen-bond acceptors (Lipinski definition) is 5. The first-order chi connectivity index (χ1) is 9.96. The van der Waals surface area contributed by atoms with Crippen LogP contribution < -0.4 is 14.2 Å². The van der Waals surface area contributed by atoms with Gasteiger partial charge in [-0.1, -0.05) is 11.6 Å². The molecule has 0 fully saturated rings. The van der Waals surface area contributed by atoms with Crippen LogP contribution in [0.3, 0.4) is 0 Å². The average molecular weight is 329 g/mol. The molecule has 2 rings (SSSR count). The number of rotatable bonds is 5. The Morgan fingerprint density at radius 3 is 2.38 bits per heavy atom. The van der Waals surface area contributed by atoms with Gasteiger partial charge in [0, 0.05) is 6.07 Å². The monoisotopic (exact) mass is 328 g/mol. The first-order valence-corrected chi connectivity index (χ1v) is 7.69. The topological polar surface area (TPSA) is 77.5 Å². The Labute approximate surface area is 127 Å². The van der Waals surface area contributed by atoms with Gasteiger partial charge in [0.1, 0.15) is 5.15 Å². The van der Waals surface area contributed by atoms with Gasteiger partial charge in [-0.3, -0.25) is 4.72 Å². The number of nitrogens with zero attached hydrogens (tertiary/aromatic N) is 1. The van der Waals surface area contributed by atoms with E-state index in [0.717, 1.165) is 0 Å². The molecular formula is C13H13ClN2O4S. The number of pyridine rings is 1. The fraction of sp³-hybridized carbons (Fsp3) is 0.154. The summed E-state index contributed by atoms with van der Waals surface area (Å²) in [5.74, 6) is 0.777. The van der Waals surface area contributed by atoms with Crippen molar-refractivity contribution in [2.75, 3.05) is 18.9 Å². The molecule has 1 aromatic carbocycles. The minimum Gasteiger partial charge on any atom is -0.493 e. The van der Waals surface area contributed by atoms with Crippen LogP contribution in [-0.2, 0) is 10.0 Å². The number of anilines is 1. The van der Waals surface area contributed by atoms with Gasteiger partial charge in [0.25, 0.3) is 10.0 Å². The lowest BCUT2D eigenvalue weighted by atomic mass is 10.3. The van der Waals surface area contributed by atoms with Crippen molar-refractivity contribution in [1.82, 2.24) is 4.98 Å². The largest absolute Gasteiger partial charge is 0.493 e. The number of sulfonamides is 1. The Bertz CT molecular complexity index is 732. The normalized spacial score (nSPS) is 11.0. The minimum atomic E-state index is -3.75. The molecule has 0 unspecified atom stereocenters. The first kappa shape index (κ1) is 15.4. The number of methoxy groups -OCH3 is 2. The third kappa shape index (κ3) is 3.56. The summed E-state index contributed by atoms with van der Waals surface area (Å²) in [5, 5.41) is 0.282. The predicted octanol–water partition coefficient (Wildman–Crippen LogP) is 2.55. The van der Waals surface area contributed by atoms with Crippen molar-refractivity contribution in [1.29, 1.82) is 0 Å². The van der Waals surface area contributed by atoms with Crippen molar-refractivity contribution in [3.05, 3.63) is 41.7 Å². The Kier molecular flexibility index (Phi) is 4.54. The molecule has 0 amide bonds. The van der Waals surface area contributed by atoms with E-state index in [1.165, 1.54) is 50.7 Å². The van der Waals surface area contributed by atoms with Crippen molar-refractivity contribution in [3.8, 4) is 11.5 Å². The zero-order chi connectivity index (χ0) is 15.5. The maximum atomic E-state index is 12.3. The Hall–Kier alpha value is -1.99. The van der Waals surface area contributed by atoms with Gasteiger partial charge in [-0.15, -0.1) is 0 Å². The lowest BCUT2D eigenvalue weighted by Gasteiger charge is -2.11. The zero-order valence-corrected chi connectivity index (χ0v) is 12.9. The molecule has 0 spiro atoms. The molecule has 2 aromatic rings. The van der Waals surface area contributed by atoms with Crippen LogP contribution in [0.25, 0.3) is 0 Å². The van der Waals surface area contributed by atoms with E-state index in [4.69, 9.17) is 21.1 Å². The molecule has 0 aliphatic rings. The highest BCUT2D eigenvalue weighted by molar-refractivity contribution is 7.92. The molecule has 1 N–H and O–H groups in total. The molecule has 8 heteroatoms. The van der Waals surface area contributed by atoms with E-state index < -0.39 is 10.0 Å². The van der Waals surface area contributed by atoms with Crippen molar-refractivity contribution in [2.24, 2.45) is 0 Å². The smallest absolute Gasteiger partial charge is 0.262 e. The first-order valence-electron chi connectivity index (χ1n) is 5.82. The molecule has 1 aromatic heterocycles. The number of halogens is 1. The minimum absolute atomic E-state index is 0.0510. The van der Waals surface area contributed by atoms with Crippen molar-refractivity contribution < 1.29 is 17.9 Å². The van der Waals surface area contributed by atoms with Crippen molar-refractivity contribution in [3.63, 3.8) is 0 Å². The molecule has 0 bridgehead atoms. The van der Waals surface area contributed by atoms with Gasteiger partial charge >= 0.3 is 0 Å². The molecule has 0 saturated carbocycles. The molecule has 0 aliphatic carbocycles. The van der Waals surface area contributed by atoms with Crippen LogP contribution in [0.5, 0.6) is 11.5 Å². The maximum absolute atomic E-state index is 12.3. The molecule has 112 valence electrons. The summed E-state index contributed by atoms with van der Waals surface area (Å²) >= 11 is 5.65. The molecule has 0 saturated heterocycles. The fourth-order valence-electron chi connectivity index (χ4n) is 1.63. The summed E-state index contributed by atoms with van der Waals surface area (Å²) in [4.78, 5) is 3.86. The van der Waals surface area contributed by atoms with E-state index in [0.29, 0.717) is 17.2 Å². The second-order valence-electron chi connectivity index (χ2n) is 3.99. The Balaban J connectivity index is 2.33. The van der Waals surface area contributed by atoms with Gasteiger partial charge < -0.3 is 9.47 Å². The number of hydrogen-bond donors (Lipinski definition) is 1. The second-order valence-corrected chi connectivity index (χ2v) is 6.06. The molecule has 1 heterocycles. The quantitative estimate of drug-likeness (QED) is 0.853. The van der Waals surface area contributed by atoms with Gasteiger partial charge in [-0.05, 0) is 24.3 Å². The number of ether oxygens (including phenoxy) is 2. The number of benzene rings is 1. The van der Waals surface area contributed by atoms with Crippen LogP contribution in [0.2, 0.25) is 5.15 Å². The number of nitrogens with one attached hydrogen (secondary N) is 1. The Morgan fingerprint density at radius 1 is 1.10 bits per heavy atom. The van der Waals surface area contributed by atoms with Crippen LogP contribution in [0.4, 0.5) is 5.69 Å². The second kappa shape index (κ2) is 6.19. The third-order valence-electron chi connectivity index (χ3n) is 2.64. The highest BCUT2D eigenvalue weighted by atomic mass is 35.5. The van der Waals surface area contributed by atoms with E-state index in [2.05, 4.69) is 9.71 Å². The van der Waals surface area contributed by atoms with Gasteiger partial charge in [-0.2, -0.15) is 0 Å². The highest BCUT2D eigenvalue weighted by Crippen LogP contribution is 2.30. The van der Waals surface area contributed by atoms with E-state index in [9.17, 15) is 8.42 Å². The third-order valence-corrected chi connectivity index (χ3v) is 4.25. The molecule has 0 aliphatic heterocycles. The molecule has 0 atom stereocenters. The van der Waals surface area contributed by atoms with Gasteiger partial charge in [-0.25, -0.2) is 13.4 Å². The van der Waals surface area contributed by atoms with E-state index >= 15 is 0 Å². The van der Waals surface area contributed by atoms with E-state index in [1.807, 2.05) is 0 Å². The molecule has 0 radical (unpaired) electrons. The van der Waals surface area contributed by atoms with Gasteiger partial charge in [0.15, 0.2) is 11.5 Å². The summed E-state index contributed by atoms with van der Waals surface area (Å²) < 4.78 is 37.1. The summed E-state index contributed by atoms with van der Waals surface area (Å²) in [5.41, 5.74) is 0.314. The van der Waals surface area contributed by atoms with Crippen LogP contribution in [-0.4, -0.2) is 27.6 Å². The lowest BCUT2D eigenvalue weighted by Crippen LogP contribution is -2.13. The Morgan fingerprint density at radius 2 is 1.81 bits per heavy atom. The molecular weight excluding hydrogens is 316 g/mol. The van der Waals surface area contributed by atoms with E-state index in [1.54, 1.807) is 0 Å². The predicted molar refractivity (Wildman–Crippen MR) is 79.6 cm³/mol. The summed E-state index contributed by atoms with van der Waals surface area (Å²) in [7, 11) is -0.841. The maximum Gasteiger partial charge on any atom is 0.262 e. The summed E-state index contributed by atoms with van der Waals surface area (Å²) in [6.45, 7) is 0. The fourth-order valence-corrected chi connectivity index (χ4v) is 2.80. The molecule has 6 nitrogen and oxygen atoms in total. The zero-order valence-electron chi connectivity index (χ0n) is 11.3. The number of aromatic nitrogens is 1. The van der Waals surface area contributed by atoms with Gasteiger partial charge in [0.05, 0.1) is 31.0 Å². The SMILES string of the molecule is COc1ccc(S(=O)(=O)Nc2ccc(Cl)nc2)cc1OC. The van der Waals surface area contributed by atoms with Crippen LogP contribution in [0.15, 0.2) is 41.4 Å². The van der Waals surface area contributed by atoms with E-state index in [-0.39, 0.29) is 10.0 Å². The van der Waals surface area contributed by atoms with Crippen molar-refractivity contribution in [2.45, 2.75) is 4.90 Å². The van der Waals surface area contributed by atoms with Crippen LogP contribution in [0.1, 0.15) is 0 Å². The highest BCUT2D eigenvalue weighted by Gasteiger charge is 2.17. The van der Waals surface area contributed by atoms with Crippen molar-refractivity contribution >= 4 is 27.3 Å². The van der Waals surface area contributed by atoms with Crippen LogP contribution in [0, 0.1) is 0 Å². The lowest BCUT2D eigenvalue weighted by molar-refractivity contribution is 0.354. The molecule has 21 heavy (non-hydrogen) atoms. The summed E-state index contributed by atoms with van der Waals surface area (Å²) in [6, 6.07) is 7.34. The summed E-state index contributed by atoms with van der Waals surface area (Å²) in [6.07, 6.45) is 1.33. The standard InChI is InChI=1S/C13H13ClN2O4S/c1-19-11-5-4-10(7-12(11)20-2)21(17,18)16-9-3-6-13(14)15-8-9/h3-8,16H,1-2H3. The average Bonchev–Trinajstić information content (AvgIpc) is 2.48. The van der Waals surface area contributed by atoms with Gasteiger partial charge in [0.2, 0.25) is 0 Å². The van der Waals surface area contributed by atoms with Crippen LogP contribution >= 0.6 is 11.6 Å².